The Balaban J connectivity index is 2.00. The number of fused-ring (bicyclic) bond motifs is 1. The number of rotatable bonds is 1. The van der Waals surface area contributed by atoms with E-state index in [1.165, 1.54) is 5.82 Å². The molecule has 0 amide bonds. The smallest absolute Gasteiger partial charge is 0.132 e. The lowest BCUT2D eigenvalue weighted by molar-refractivity contribution is 0.384. The molecule has 90 valence electrons. The second kappa shape index (κ2) is 4.42. The standard InChI is InChI=1S/C13H16BrN3/c14-12-11-3-1-2-8-17(11)13(16-12)9-4-6-10(15)7-5-9/h1-3,8-10H,4-7,15H2. The normalized spacial score (nSPS) is 25.3. The molecule has 0 unspecified atom stereocenters. The second-order valence-corrected chi connectivity index (χ2v) is 5.58. The second-order valence-electron chi connectivity index (χ2n) is 4.83. The summed E-state index contributed by atoms with van der Waals surface area (Å²) in [6.07, 6.45) is 6.63. The van der Waals surface area contributed by atoms with Gasteiger partial charge < -0.3 is 10.1 Å². The van der Waals surface area contributed by atoms with Crippen molar-refractivity contribution in [2.75, 3.05) is 0 Å². The van der Waals surface area contributed by atoms with Crippen molar-refractivity contribution in [2.45, 2.75) is 37.6 Å². The highest BCUT2D eigenvalue weighted by molar-refractivity contribution is 9.10. The number of hydrogen-bond donors (Lipinski definition) is 1. The quantitative estimate of drug-likeness (QED) is 0.878. The number of nitrogens with two attached hydrogens (primary N) is 1. The van der Waals surface area contributed by atoms with Crippen molar-refractivity contribution >= 4 is 21.4 Å². The molecule has 4 heteroatoms. The third-order valence-electron chi connectivity index (χ3n) is 3.67. The minimum atomic E-state index is 0.390. The molecule has 2 heterocycles. The molecule has 1 aliphatic carbocycles. The van der Waals surface area contributed by atoms with Gasteiger partial charge in [-0.25, -0.2) is 4.98 Å². The predicted octanol–water partition coefficient (Wildman–Crippen LogP) is 3.08. The van der Waals surface area contributed by atoms with Crippen molar-refractivity contribution in [2.24, 2.45) is 5.73 Å². The third kappa shape index (κ3) is 2.00. The molecule has 0 aliphatic heterocycles. The summed E-state index contributed by atoms with van der Waals surface area (Å²) in [7, 11) is 0. The molecule has 17 heavy (non-hydrogen) atoms. The number of imidazole rings is 1. The molecule has 3 rings (SSSR count). The topological polar surface area (TPSA) is 43.3 Å². The molecule has 0 radical (unpaired) electrons. The van der Waals surface area contributed by atoms with E-state index in [0.29, 0.717) is 12.0 Å². The van der Waals surface area contributed by atoms with Gasteiger partial charge >= 0.3 is 0 Å². The van der Waals surface area contributed by atoms with Gasteiger partial charge in [0.15, 0.2) is 0 Å². The van der Waals surface area contributed by atoms with Crippen LogP contribution in [0.25, 0.3) is 5.52 Å². The average Bonchev–Trinajstić information content (AvgIpc) is 2.69. The van der Waals surface area contributed by atoms with Crippen LogP contribution in [0.5, 0.6) is 0 Å². The number of nitrogens with zero attached hydrogens (tertiary/aromatic N) is 2. The highest BCUT2D eigenvalue weighted by atomic mass is 79.9. The van der Waals surface area contributed by atoms with Crippen LogP contribution < -0.4 is 5.73 Å². The number of pyridine rings is 1. The maximum absolute atomic E-state index is 5.96. The first-order chi connectivity index (χ1) is 8.25. The fourth-order valence-electron chi connectivity index (χ4n) is 2.69. The predicted molar refractivity (Wildman–Crippen MR) is 72.1 cm³/mol. The molecule has 1 saturated carbocycles. The van der Waals surface area contributed by atoms with Crippen LogP contribution in [0.2, 0.25) is 0 Å². The lowest BCUT2D eigenvalue weighted by atomic mass is 9.86. The van der Waals surface area contributed by atoms with Gasteiger partial charge in [0.25, 0.3) is 0 Å². The van der Waals surface area contributed by atoms with Crippen LogP contribution in [0.1, 0.15) is 37.4 Å². The lowest BCUT2D eigenvalue weighted by Crippen LogP contribution is -2.26. The monoisotopic (exact) mass is 293 g/mol. The average molecular weight is 294 g/mol. The molecule has 1 aliphatic rings. The minimum absolute atomic E-state index is 0.390. The Labute approximate surface area is 109 Å². The van der Waals surface area contributed by atoms with Crippen LogP contribution in [0.3, 0.4) is 0 Å². The molecule has 3 nitrogen and oxygen atoms in total. The van der Waals surface area contributed by atoms with Crippen molar-refractivity contribution in [1.82, 2.24) is 9.38 Å². The van der Waals surface area contributed by atoms with E-state index in [4.69, 9.17) is 5.73 Å². The van der Waals surface area contributed by atoms with E-state index < -0.39 is 0 Å². The first-order valence-corrected chi connectivity index (χ1v) is 6.93. The van der Waals surface area contributed by atoms with Gasteiger partial charge in [-0.3, -0.25) is 0 Å². The number of hydrogen-bond acceptors (Lipinski definition) is 2. The van der Waals surface area contributed by atoms with Crippen LogP contribution in [0.15, 0.2) is 29.0 Å². The van der Waals surface area contributed by atoms with Crippen LogP contribution in [-0.4, -0.2) is 15.4 Å². The molecule has 2 aromatic heterocycles. The zero-order chi connectivity index (χ0) is 11.8. The first kappa shape index (κ1) is 11.2. The maximum atomic E-state index is 5.96. The van der Waals surface area contributed by atoms with E-state index in [0.717, 1.165) is 35.8 Å². The molecular formula is C13H16BrN3. The molecule has 0 atom stereocenters. The lowest BCUT2D eigenvalue weighted by Gasteiger charge is -2.25. The zero-order valence-electron chi connectivity index (χ0n) is 9.64. The molecule has 0 aromatic carbocycles. The Hall–Kier alpha value is -0.870. The molecule has 0 bridgehead atoms. The highest BCUT2D eigenvalue weighted by Gasteiger charge is 2.24. The van der Waals surface area contributed by atoms with Crippen molar-refractivity contribution in [1.29, 1.82) is 0 Å². The van der Waals surface area contributed by atoms with Gasteiger partial charge in [-0.2, -0.15) is 0 Å². The summed E-state index contributed by atoms with van der Waals surface area (Å²) in [4.78, 5) is 4.68. The van der Waals surface area contributed by atoms with Crippen LogP contribution >= 0.6 is 15.9 Å². The largest absolute Gasteiger partial charge is 0.328 e. The van der Waals surface area contributed by atoms with E-state index in [9.17, 15) is 0 Å². The Kier molecular flexibility index (Phi) is 2.92. The van der Waals surface area contributed by atoms with E-state index in [-0.39, 0.29) is 0 Å². The number of aromatic nitrogens is 2. The van der Waals surface area contributed by atoms with Gasteiger partial charge in [0, 0.05) is 18.2 Å². The van der Waals surface area contributed by atoms with Gasteiger partial charge in [-0.15, -0.1) is 0 Å². The summed E-state index contributed by atoms with van der Waals surface area (Å²) in [6.45, 7) is 0. The molecule has 2 aromatic rings. The first-order valence-electron chi connectivity index (χ1n) is 6.14. The molecular weight excluding hydrogens is 278 g/mol. The Morgan fingerprint density at radius 3 is 2.76 bits per heavy atom. The van der Waals surface area contributed by atoms with Crippen molar-refractivity contribution in [3.63, 3.8) is 0 Å². The summed E-state index contributed by atoms with van der Waals surface area (Å²) >= 11 is 3.54. The molecule has 2 N–H and O–H groups in total. The summed E-state index contributed by atoms with van der Waals surface area (Å²) in [5.74, 6) is 1.73. The summed E-state index contributed by atoms with van der Waals surface area (Å²) < 4.78 is 3.15. The van der Waals surface area contributed by atoms with Gasteiger partial charge in [0.2, 0.25) is 0 Å². The van der Waals surface area contributed by atoms with Gasteiger partial charge in [-0.05, 0) is 53.7 Å². The summed E-state index contributed by atoms with van der Waals surface area (Å²) in [5.41, 5.74) is 7.11. The summed E-state index contributed by atoms with van der Waals surface area (Å²) in [5, 5.41) is 0. The maximum Gasteiger partial charge on any atom is 0.132 e. The van der Waals surface area contributed by atoms with E-state index in [1.54, 1.807) is 0 Å². The van der Waals surface area contributed by atoms with Crippen LogP contribution in [0.4, 0.5) is 0 Å². The van der Waals surface area contributed by atoms with E-state index >= 15 is 0 Å². The minimum Gasteiger partial charge on any atom is -0.328 e. The van der Waals surface area contributed by atoms with Crippen molar-refractivity contribution in [3.8, 4) is 0 Å². The van der Waals surface area contributed by atoms with Gasteiger partial charge in [0.1, 0.15) is 10.4 Å². The van der Waals surface area contributed by atoms with Gasteiger partial charge in [-0.1, -0.05) is 6.07 Å². The highest BCUT2D eigenvalue weighted by Crippen LogP contribution is 2.33. The molecule has 1 fully saturated rings. The Bertz CT molecular complexity index is 526. The Morgan fingerprint density at radius 1 is 1.24 bits per heavy atom. The zero-order valence-corrected chi connectivity index (χ0v) is 11.2. The third-order valence-corrected chi connectivity index (χ3v) is 4.25. The molecule has 0 spiro atoms. The Morgan fingerprint density at radius 2 is 2.00 bits per heavy atom. The molecule has 0 saturated heterocycles. The van der Waals surface area contributed by atoms with E-state index in [1.807, 2.05) is 6.07 Å². The van der Waals surface area contributed by atoms with Crippen LogP contribution in [0, 0.1) is 0 Å². The van der Waals surface area contributed by atoms with Crippen molar-refractivity contribution in [3.05, 3.63) is 34.8 Å². The van der Waals surface area contributed by atoms with E-state index in [2.05, 4.69) is 43.6 Å². The SMILES string of the molecule is NC1CCC(c2nc(Br)c3ccccn23)CC1. The van der Waals surface area contributed by atoms with Crippen molar-refractivity contribution < 1.29 is 0 Å². The number of halogens is 1. The van der Waals surface area contributed by atoms with Crippen LogP contribution in [-0.2, 0) is 0 Å². The fraction of sp³-hybridized carbons (Fsp3) is 0.462. The van der Waals surface area contributed by atoms with Gasteiger partial charge in [0.05, 0.1) is 5.52 Å². The fourth-order valence-corrected chi connectivity index (χ4v) is 3.19. The summed E-state index contributed by atoms with van der Waals surface area (Å²) in [6, 6.07) is 6.58.